The molecule has 0 saturated heterocycles. The Bertz CT molecular complexity index is 1590. The molecule has 1 unspecified atom stereocenters. The first kappa shape index (κ1) is 27.8. The van der Waals surface area contributed by atoms with Crippen LogP contribution in [-0.2, 0) is 11.2 Å². The van der Waals surface area contributed by atoms with Gasteiger partial charge >= 0.3 is 0 Å². The highest BCUT2D eigenvalue weighted by atomic mass is 16.5. The standard InChI is InChI=1S/C33H33NO7/c1-4-5-18-40-24-15-14-22(19-26(24)39-3)29-28(30(35)27-20-23-12-9-13-25(38-2)32(23)41-27)31(36)33(37)34(29)17-16-21-10-7-6-8-11-21/h6-15,19-20,29,36H,4-5,16-18H2,1-3H3. The third-order valence-corrected chi connectivity index (χ3v) is 7.24. The summed E-state index contributed by atoms with van der Waals surface area (Å²) < 4.78 is 22.8. The molecule has 8 nitrogen and oxygen atoms in total. The molecule has 1 aliphatic rings. The van der Waals surface area contributed by atoms with Crippen molar-refractivity contribution in [2.45, 2.75) is 32.2 Å². The Balaban J connectivity index is 1.55. The molecule has 1 aromatic heterocycles. The molecule has 0 fully saturated rings. The van der Waals surface area contributed by atoms with Gasteiger partial charge in [0.05, 0.1) is 32.4 Å². The number of rotatable bonds is 12. The molecule has 41 heavy (non-hydrogen) atoms. The van der Waals surface area contributed by atoms with E-state index in [0.29, 0.717) is 46.8 Å². The van der Waals surface area contributed by atoms with Crippen LogP contribution in [0.4, 0.5) is 0 Å². The fraction of sp³-hybridized carbons (Fsp3) is 0.273. The summed E-state index contributed by atoms with van der Waals surface area (Å²) in [5, 5.41) is 11.8. The number of hydrogen-bond donors (Lipinski definition) is 1. The number of ketones is 1. The molecular formula is C33H33NO7. The maximum Gasteiger partial charge on any atom is 0.290 e. The number of Topliss-reactive ketones (excluding diaryl/α,β-unsaturated/α-hetero) is 1. The number of nitrogens with zero attached hydrogens (tertiary/aromatic N) is 1. The summed E-state index contributed by atoms with van der Waals surface area (Å²) in [7, 11) is 3.06. The van der Waals surface area contributed by atoms with E-state index >= 15 is 0 Å². The quantitative estimate of drug-likeness (QED) is 0.158. The Hall–Kier alpha value is -4.72. The number of carbonyl (C=O) groups is 2. The first-order valence-electron chi connectivity index (χ1n) is 13.7. The number of furan rings is 1. The first-order valence-corrected chi connectivity index (χ1v) is 13.7. The molecule has 1 N–H and O–H groups in total. The van der Waals surface area contributed by atoms with Gasteiger partial charge < -0.3 is 28.6 Å². The van der Waals surface area contributed by atoms with E-state index in [1.54, 1.807) is 49.6 Å². The predicted molar refractivity (Wildman–Crippen MR) is 155 cm³/mol. The van der Waals surface area contributed by atoms with Crippen LogP contribution in [0.25, 0.3) is 11.0 Å². The summed E-state index contributed by atoms with van der Waals surface area (Å²) in [4.78, 5) is 29.0. The summed E-state index contributed by atoms with van der Waals surface area (Å²) in [6.45, 7) is 2.90. The van der Waals surface area contributed by atoms with Gasteiger partial charge in [0, 0.05) is 11.9 Å². The van der Waals surface area contributed by atoms with Gasteiger partial charge in [-0.05, 0) is 48.2 Å². The molecule has 0 spiro atoms. The molecule has 8 heteroatoms. The molecule has 2 heterocycles. The van der Waals surface area contributed by atoms with Crippen LogP contribution in [0.3, 0.4) is 0 Å². The number of aliphatic hydroxyl groups excluding tert-OH is 1. The molecule has 1 atom stereocenters. The van der Waals surface area contributed by atoms with Crippen molar-refractivity contribution in [1.29, 1.82) is 0 Å². The molecule has 0 saturated carbocycles. The molecule has 0 radical (unpaired) electrons. The van der Waals surface area contributed by atoms with Crippen LogP contribution in [-0.4, -0.2) is 49.1 Å². The van der Waals surface area contributed by atoms with E-state index in [1.807, 2.05) is 30.3 Å². The molecular weight excluding hydrogens is 522 g/mol. The Labute approximate surface area is 238 Å². The van der Waals surface area contributed by atoms with Crippen LogP contribution < -0.4 is 14.2 Å². The largest absolute Gasteiger partial charge is 0.503 e. The van der Waals surface area contributed by atoms with Crippen LogP contribution in [0.15, 0.2) is 88.5 Å². The van der Waals surface area contributed by atoms with E-state index in [-0.39, 0.29) is 17.9 Å². The minimum atomic E-state index is -0.868. The third-order valence-electron chi connectivity index (χ3n) is 7.24. The molecule has 5 rings (SSSR count). The summed E-state index contributed by atoms with van der Waals surface area (Å²) in [5.41, 5.74) is 1.99. The monoisotopic (exact) mass is 555 g/mol. The molecule has 1 aliphatic heterocycles. The number of carbonyl (C=O) groups excluding carboxylic acids is 2. The number of fused-ring (bicyclic) bond motifs is 1. The van der Waals surface area contributed by atoms with Gasteiger partial charge in [-0.1, -0.05) is 61.9 Å². The minimum absolute atomic E-state index is 0.000225. The lowest BCUT2D eigenvalue weighted by atomic mass is 9.94. The zero-order valence-corrected chi connectivity index (χ0v) is 23.4. The number of aliphatic hydroxyl groups is 1. The van der Waals surface area contributed by atoms with Gasteiger partial charge in [0.2, 0.25) is 5.78 Å². The number of para-hydroxylation sites is 1. The Kier molecular flexibility index (Phi) is 8.29. The fourth-order valence-corrected chi connectivity index (χ4v) is 5.10. The third kappa shape index (κ3) is 5.50. The molecule has 0 aliphatic carbocycles. The highest BCUT2D eigenvalue weighted by molar-refractivity contribution is 6.16. The number of ether oxygens (including phenoxy) is 3. The molecule has 212 valence electrons. The van der Waals surface area contributed by atoms with Gasteiger partial charge in [-0.15, -0.1) is 0 Å². The summed E-state index contributed by atoms with van der Waals surface area (Å²) >= 11 is 0. The second-order valence-electron chi connectivity index (χ2n) is 9.83. The number of benzene rings is 3. The smallest absolute Gasteiger partial charge is 0.290 e. The van der Waals surface area contributed by atoms with Gasteiger partial charge in [0.15, 0.2) is 34.4 Å². The van der Waals surface area contributed by atoms with Gasteiger partial charge in [-0.2, -0.15) is 0 Å². The zero-order chi connectivity index (χ0) is 28.9. The van der Waals surface area contributed by atoms with Crippen molar-refractivity contribution in [3.05, 3.63) is 101 Å². The average molecular weight is 556 g/mol. The lowest BCUT2D eigenvalue weighted by Crippen LogP contribution is -2.33. The van der Waals surface area contributed by atoms with E-state index in [2.05, 4.69) is 6.92 Å². The predicted octanol–water partition coefficient (Wildman–Crippen LogP) is 6.45. The van der Waals surface area contributed by atoms with E-state index < -0.39 is 23.5 Å². The van der Waals surface area contributed by atoms with Gasteiger partial charge in [0.1, 0.15) is 0 Å². The summed E-state index contributed by atoms with van der Waals surface area (Å²) in [6, 6.07) is 21.1. The Morgan fingerprint density at radius 2 is 1.73 bits per heavy atom. The van der Waals surface area contributed by atoms with E-state index in [4.69, 9.17) is 18.6 Å². The van der Waals surface area contributed by atoms with Crippen molar-refractivity contribution >= 4 is 22.7 Å². The summed E-state index contributed by atoms with van der Waals surface area (Å²) in [5.74, 6) is -0.278. The number of unbranched alkanes of at least 4 members (excludes halogenated alkanes) is 1. The van der Waals surface area contributed by atoms with Crippen LogP contribution in [0.2, 0.25) is 0 Å². The van der Waals surface area contributed by atoms with Crippen LogP contribution in [0.5, 0.6) is 17.2 Å². The van der Waals surface area contributed by atoms with Crippen molar-refractivity contribution in [1.82, 2.24) is 4.90 Å². The van der Waals surface area contributed by atoms with Crippen molar-refractivity contribution < 1.29 is 33.3 Å². The van der Waals surface area contributed by atoms with Gasteiger partial charge in [0.25, 0.3) is 5.91 Å². The van der Waals surface area contributed by atoms with Crippen LogP contribution >= 0.6 is 0 Å². The first-order chi connectivity index (χ1) is 20.0. The van der Waals surface area contributed by atoms with E-state index in [1.165, 1.54) is 12.0 Å². The number of amides is 1. The Morgan fingerprint density at radius 3 is 2.46 bits per heavy atom. The molecule has 0 bridgehead atoms. The highest BCUT2D eigenvalue weighted by Crippen LogP contribution is 2.42. The van der Waals surface area contributed by atoms with Crippen molar-refractivity contribution in [3.63, 3.8) is 0 Å². The lowest BCUT2D eigenvalue weighted by molar-refractivity contribution is -0.129. The molecule has 3 aromatic carbocycles. The average Bonchev–Trinajstić information content (AvgIpc) is 3.55. The SMILES string of the molecule is CCCCOc1ccc(C2C(C(=O)c3cc4cccc(OC)c4o3)=C(O)C(=O)N2CCc2ccccc2)cc1OC. The second-order valence-corrected chi connectivity index (χ2v) is 9.83. The zero-order valence-electron chi connectivity index (χ0n) is 23.4. The normalized spacial score (nSPS) is 15.0. The minimum Gasteiger partial charge on any atom is -0.503 e. The molecule has 4 aromatic rings. The van der Waals surface area contributed by atoms with Crippen LogP contribution in [0, 0.1) is 0 Å². The highest BCUT2D eigenvalue weighted by Gasteiger charge is 2.44. The Morgan fingerprint density at radius 1 is 0.951 bits per heavy atom. The topological polar surface area (TPSA) is 98.4 Å². The van der Waals surface area contributed by atoms with Crippen LogP contribution in [0.1, 0.15) is 47.5 Å². The fourth-order valence-electron chi connectivity index (χ4n) is 5.10. The van der Waals surface area contributed by atoms with E-state index in [0.717, 1.165) is 18.4 Å². The maximum atomic E-state index is 14.0. The van der Waals surface area contributed by atoms with Gasteiger partial charge in [-0.25, -0.2) is 0 Å². The molecule has 1 amide bonds. The van der Waals surface area contributed by atoms with Gasteiger partial charge in [-0.3, -0.25) is 9.59 Å². The second kappa shape index (κ2) is 12.2. The van der Waals surface area contributed by atoms with Crippen molar-refractivity contribution in [2.24, 2.45) is 0 Å². The van der Waals surface area contributed by atoms with Crippen molar-refractivity contribution in [3.8, 4) is 17.2 Å². The van der Waals surface area contributed by atoms with E-state index in [9.17, 15) is 14.7 Å². The number of hydrogen-bond acceptors (Lipinski definition) is 7. The maximum absolute atomic E-state index is 14.0. The summed E-state index contributed by atoms with van der Waals surface area (Å²) in [6.07, 6.45) is 2.42. The van der Waals surface area contributed by atoms with Crippen molar-refractivity contribution in [2.75, 3.05) is 27.4 Å². The number of methoxy groups -OCH3 is 2. The lowest BCUT2D eigenvalue weighted by Gasteiger charge is -2.27.